The third-order valence-corrected chi connectivity index (χ3v) is 5.74. The first-order chi connectivity index (χ1) is 11.7. The van der Waals surface area contributed by atoms with Gasteiger partial charge in [-0.05, 0) is 74.3 Å². The molecule has 0 amide bonds. The van der Waals surface area contributed by atoms with Crippen molar-refractivity contribution < 1.29 is 9.53 Å². The van der Waals surface area contributed by atoms with Gasteiger partial charge in [0, 0.05) is 6.08 Å². The zero-order valence-corrected chi connectivity index (χ0v) is 16.8. The van der Waals surface area contributed by atoms with Gasteiger partial charge in [0.1, 0.15) is 0 Å². The first-order valence-electron chi connectivity index (χ1n) is 9.60. The van der Waals surface area contributed by atoms with E-state index in [1.807, 2.05) is 13.8 Å². The number of carbonyl (C=O) groups excluding carboxylic acids is 1. The van der Waals surface area contributed by atoms with Crippen molar-refractivity contribution >= 4 is 5.97 Å². The molecule has 0 aliphatic heterocycles. The summed E-state index contributed by atoms with van der Waals surface area (Å²) in [4.78, 5) is 11.5. The van der Waals surface area contributed by atoms with E-state index in [4.69, 9.17) is 4.74 Å². The Labute approximate surface area is 153 Å². The molecule has 2 nitrogen and oxygen atoms in total. The molecule has 2 atom stereocenters. The molecular weight excluding hydrogens is 308 g/mol. The molecule has 2 heteroatoms. The van der Waals surface area contributed by atoms with Crippen molar-refractivity contribution in [2.24, 2.45) is 16.7 Å². The summed E-state index contributed by atoms with van der Waals surface area (Å²) in [6.07, 6.45) is 15.7. The summed E-state index contributed by atoms with van der Waals surface area (Å²) in [5.74, 6) is 0.298. The van der Waals surface area contributed by atoms with Crippen LogP contribution >= 0.6 is 0 Å². The molecule has 0 saturated heterocycles. The van der Waals surface area contributed by atoms with Gasteiger partial charge in [-0.15, -0.1) is 0 Å². The van der Waals surface area contributed by atoms with Crippen molar-refractivity contribution in [2.75, 3.05) is 6.61 Å². The van der Waals surface area contributed by atoms with Gasteiger partial charge in [0.2, 0.25) is 0 Å². The smallest absolute Gasteiger partial charge is 0.330 e. The van der Waals surface area contributed by atoms with Crippen LogP contribution in [0.3, 0.4) is 0 Å². The standard InChI is InChI=1S/C23H34O2/c1-7-25-21(24)15-17(2)10-11-19-16-23(19,6)14-12-20-18(3)9-8-13-22(20,4)5/h10-12,14-15,19H,7-9,13,16H2,1-6H3/b11-10+,14-12+,17-15+/t19-,23-/m0/s1. The summed E-state index contributed by atoms with van der Waals surface area (Å²) < 4.78 is 4.95. The predicted molar refractivity (Wildman–Crippen MR) is 105 cm³/mol. The minimum absolute atomic E-state index is 0.252. The van der Waals surface area contributed by atoms with E-state index in [1.54, 1.807) is 11.6 Å². The van der Waals surface area contributed by atoms with Crippen molar-refractivity contribution in [3.8, 4) is 0 Å². The molecule has 0 N–H and O–H groups in total. The van der Waals surface area contributed by atoms with Gasteiger partial charge in [0.15, 0.2) is 0 Å². The number of carbonyl (C=O) groups is 1. The van der Waals surface area contributed by atoms with E-state index in [1.165, 1.54) is 31.3 Å². The van der Waals surface area contributed by atoms with E-state index in [0.717, 1.165) is 5.57 Å². The van der Waals surface area contributed by atoms with Crippen LogP contribution in [-0.4, -0.2) is 12.6 Å². The van der Waals surface area contributed by atoms with E-state index in [2.05, 4.69) is 52.0 Å². The molecule has 0 heterocycles. The second-order valence-corrected chi connectivity index (χ2v) is 8.58. The third-order valence-electron chi connectivity index (χ3n) is 5.74. The Kier molecular flexibility index (Phi) is 6.13. The van der Waals surface area contributed by atoms with Gasteiger partial charge in [-0.25, -0.2) is 4.79 Å². The van der Waals surface area contributed by atoms with Crippen LogP contribution in [0.4, 0.5) is 0 Å². The highest BCUT2D eigenvalue weighted by Gasteiger charge is 2.46. The van der Waals surface area contributed by atoms with Crippen LogP contribution in [0.5, 0.6) is 0 Å². The van der Waals surface area contributed by atoms with Crippen LogP contribution in [0, 0.1) is 16.7 Å². The topological polar surface area (TPSA) is 26.3 Å². The monoisotopic (exact) mass is 342 g/mol. The molecule has 2 aliphatic rings. The first-order valence-corrected chi connectivity index (χ1v) is 9.60. The van der Waals surface area contributed by atoms with Crippen molar-refractivity contribution in [1.29, 1.82) is 0 Å². The number of ether oxygens (including phenoxy) is 1. The quantitative estimate of drug-likeness (QED) is 0.328. The van der Waals surface area contributed by atoms with Crippen LogP contribution in [0.15, 0.2) is 47.1 Å². The zero-order valence-electron chi connectivity index (χ0n) is 16.8. The van der Waals surface area contributed by atoms with Crippen molar-refractivity contribution in [3.63, 3.8) is 0 Å². The van der Waals surface area contributed by atoms with Gasteiger partial charge in [0.25, 0.3) is 0 Å². The molecule has 0 radical (unpaired) electrons. The second kappa shape index (κ2) is 7.76. The van der Waals surface area contributed by atoms with E-state index in [9.17, 15) is 4.79 Å². The number of hydrogen-bond acceptors (Lipinski definition) is 2. The fraction of sp³-hybridized carbons (Fsp3) is 0.609. The third kappa shape index (κ3) is 5.20. The van der Waals surface area contributed by atoms with E-state index in [-0.39, 0.29) is 11.4 Å². The average molecular weight is 343 g/mol. The SMILES string of the molecule is CCOC(=O)/C=C(C)/C=C/[C@H]1C[C@]1(C)/C=C/C1=C(C)CCCC1(C)C. The second-order valence-electron chi connectivity index (χ2n) is 8.58. The van der Waals surface area contributed by atoms with Gasteiger partial charge in [-0.3, -0.25) is 0 Å². The summed E-state index contributed by atoms with van der Waals surface area (Å²) in [5, 5.41) is 0. The summed E-state index contributed by atoms with van der Waals surface area (Å²) in [6.45, 7) is 13.5. The van der Waals surface area contributed by atoms with Gasteiger partial charge >= 0.3 is 5.97 Å². The van der Waals surface area contributed by atoms with Crippen molar-refractivity contribution in [2.45, 2.75) is 67.2 Å². The van der Waals surface area contributed by atoms with Crippen molar-refractivity contribution in [3.05, 3.63) is 47.1 Å². The van der Waals surface area contributed by atoms with Crippen LogP contribution in [0.25, 0.3) is 0 Å². The Morgan fingerprint density at radius 2 is 2.04 bits per heavy atom. The molecule has 0 aromatic heterocycles. The molecule has 2 aliphatic carbocycles. The Bertz CT molecular complexity index is 630. The Hall–Kier alpha value is -1.57. The molecule has 0 aromatic rings. The fourth-order valence-corrected chi connectivity index (χ4v) is 3.86. The molecular formula is C23H34O2. The van der Waals surface area contributed by atoms with Crippen LogP contribution in [0.1, 0.15) is 67.2 Å². The minimum Gasteiger partial charge on any atom is -0.463 e. The summed E-state index contributed by atoms with van der Waals surface area (Å²) >= 11 is 0. The minimum atomic E-state index is -0.259. The lowest BCUT2D eigenvalue weighted by Crippen LogP contribution is -2.19. The molecule has 138 valence electrons. The predicted octanol–water partition coefficient (Wildman–Crippen LogP) is 6.16. The van der Waals surface area contributed by atoms with Crippen LogP contribution < -0.4 is 0 Å². The summed E-state index contributed by atoms with van der Waals surface area (Å²) in [6, 6.07) is 0. The molecule has 0 aromatic carbocycles. The van der Waals surface area contributed by atoms with E-state index >= 15 is 0 Å². The largest absolute Gasteiger partial charge is 0.463 e. The molecule has 1 saturated carbocycles. The van der Waals surface area contributed by atoms with E-state index < -0.39 is 0 Å². The van der Waals surface area contributed by atoms with Gasteiger partial charge < -0.3 is 4.74 Å². The highest BCUT2D eigenvalue weighted by Crippen LogP contribution is 2.55. The lowest BCUT2D eigenvalue weighted by molar-refractivity contribution is -0.137. The molecule has 0 bridgehead atoms. The number of allylic oxidation sites excluding steroid dienone is 7. The maximum atomic E-state index is 11.5. The zero-order chi connectivity index (χ0) is 18.7. The summed E-state index contributed by atoms with van der Waals surface area (Å²) in [5.41, 5.74) is 4.59. The van der Waals surface area contributed by atoms with Gasteiger partial charge in [0.05, 0.1) is 6.61 Å². The maximum Gasteiger partial charge on any atom is 0.330 e. The highest BCUT2D eigenvalue weighted by molar-refractivity contribution is 5.83. The Balaban J connectivity index is 1.99. The van der Waals surface area contributed by atoms with Crippen LogP contribution in [-0.2, 0) is 9.53 Å². The molecule has 0 spiro atoms. The first kappa shape index (κ1) is 19.8. The molecule has 1 fully saturated rings. The van der Waals surface area contributed by atoms with Crippen LogP contribution in [0.2, 0.25) is 0 Å². The summed E-state index contributed by atoms with van der Waals surface area (Å²) in [7, 11) is 0. The average Bonchev–Trinajstić information content (AvgIpc) is 3.15. The van der Waals surface area contributed by atoms with E-state index in [0.29, 0.717) is 17.9 Å². The highest BCUT2D eigenvalue weighted by atomic mass is 16.5. The lowest BCUT2D eigenvalue weighted by atomic mass is 9.72. The normalized spacial score (nSPS) is 29.5. The number of hydrogen-bond donors (Lipinski definition) is 0. The lowest BCUT2D eigenvalue weighted by Gasteiger charge is -2.33. The Morgan fingerprint density at radius 3 is 2.68 bits per heavy atom. The van der Waals surface area contributed by atoms with Gasteiger partial charge in [-0.2, -0.15) is 0 Å². The Morgan fingerprint density at radius 1 is 1.32 bits per heavy atom. The maximum absolute atomic E-state index is 11.5. The van der Waals surface area contributed by atoms with Gasteiger partial charge in [-0.1, -0.05) is 50.6 Å². The van der Waals surface area contributed by atoms with Crippen molar-refractivity contribution in [1.82, 2.24) is 0 Å². The molecule has 25 heavy (non-hydrogen) atoms. The fourth-order valence-electron chi connectivity index (χ4n) is 3.86. The molecule has 2 rings (SSSR count). The number of esters is 1. The number of rotatable bonds is 6. The molecule has 0 unspecified atom stereocenters.